The van der Waals surface area contributed by atoms with Crippen LogP contribution >= 0.6 is 0 Å². The van der Waals surface area contributed by atoms with Gasteiger partial charge in [0.15, 0.2) is 5.69 Å². The highest BCUT2D eigenvalue weighted by molar-refractivity contribution is 5.58. The van der Waals surface area contributed by atoms with Gasteiger partial charge in [-0.1, -0.05) is 6.07 Å². The Balaban J connectivity index is 2.33. The molecule has 1 aromatic carbocycles. The van der Waals surface area contributed by atoms with Crippen LogP contribution in [0.1, 0.15) is 11.3 Å². The summed E-state index contributed by atoms with van der Waals surface area (Å²) >= 11 is 0. The standard InChI is InChI=1S/C12H10F4N4/c1-6-2-3-7(4-8(6)13)18-10-5-9(12(14,15)16)19-11(17)20-10/h2-5H,1H3,(H3,17,18,19,20). The summed E-state index contributed by atoms with van der Waals surface area (Å²) in [5, 5.41) is 2.55. The van der Waals surface area contributed by atoms with E-state index in [9.17, 15) is 17.6 Å². The summed E-state index contributed by atoms with van der Waals surface area (Å²) in [5.41, 5.74) is 4.75. The van der Waals surface area contributed by atoms with Gasteiger partial charge >= 0.3 is 6.18 Å². The second-order valence-electron chi connectivity index (χ2n) is 4.08. The van der Waals surface area contributed by atoms with E-state index in [1.54, 1.807) is 6.92 Å². The first-order valence-corrected chi connectivity index (χ1v) is 5.50. The second kappa shape index (κ2) is 4.95. The summed E-state index contributed by atoms with van der Waals surface area (Å²) in [7, 11) is 0. The van der Waals surface area contributed by atoms with Crippen molar-refractivity contribution in [1.82, 2.24) is 9.97 Å². The number of nitrogens with two attached hydrogens (primary N) is 1. The molecule has 0 atom stereocenters. The molecule has 3 N–H and O–H groups in total. The van der Waals surface area contributed by atoms with Crippen molar-refractivity contribution in [1.29, 1.82) is 0 Å². The molecule has 0 unspecified atom stereocenters. The molecular weight excluding hydrogens is 276 g/mol. The minimum Gasteiger partial charge on any atom is -0.368 e. The molecule has 4 nitrogen and oxygen atoms in total. The van der Waals surface area contributed by atoms with Gasteiger partial charge in [-0.15, -0.1) is 0 Å². The number of anilines is 3. The first-order valence-electron chi connectivity index (χ1n) is 5.50. The Morgan fingerprint density at radius 1 is 1.15 bits per heavy atom. The third-order valence-electron chi connectivity index (χ3n) is 2.48. The SMILES string of the molecule is Cc1ccc(Nc2cc(C(F)(F)F)nc(N)n2)cc1F. The average molecular weight is 286 g/mol. The van der Waals surface area contributed by atoms with Crippen LogP contribution in [0, 0.1) is 12.7 Å². The van der Waals surface area contributed by atoms with Crippen molar-refractivity contribution in [3.05, 3.63) is 41.3 Å². The molecule has 8 heteroatoms. The Labute approximate surface area is 111 Å². The maximum atomic E-state index is 13.4. The Morgan fingerprint density at radius 3 is 2.45 bits per heavy atom. The Kier molecular flexibility index (Phi) is 3.47. The van der Waals surface area contributed by atoms with Gasteiger partial charge in [-0.3, -0.25) is 0 Å². The summed E-state index contributed by atoms with van der Waals surface area (Å²) in [5.74, 6) is -1.16. The zero-order valence-electron chi connectivity index (χ0n) is 10.3. The van der Waals surface area contributed by atoms with Crippen molar-refractivity contribution < 1.29 is 17.6 Å². The number of halogens is 4. The van der Waals surface area contributed by atoms with E-state index >= 15 is 0 Å². The fourth-order valence-electron chi connectivity index (χ4n) is 1.49. The molecule has 0 aliphatic rings. The van der Waals surface area contributed by atoms with Crippen LogP contribution in [-0.4, -0.2) is 9.97 Å². The summed E-state index contributed by atoms with van der Waals surface area (Å²) in [6.45, 7) is 1.57. The van der Waals surface area contributed by atoms with Gasteiger partial charge in [-0.05, 0) is 24.6 Å². The minimum absolute atomic E-state index is 0.159. The Hall–Kier alpha value is -2.38. The van der Waals surface area contributed by atoms with Gasteiger partial charge in [0, 0.05) is 11.8 Å². The van der Waals surface area contributed by atoms with Gasteiger partial charge in [0.2, 0.25) is 5.95 Å². The van der Waals surface area contributed by atoms with Crippen molar-refractivity contribution in [2.75, 3.05) is 11.1 Å². The molecule has 0 aliphatic carbocycles. The molecule has 0 amide bonds. The van der Waals surface area contributed by atoms with Gasteiger partial charge in [0.1, 0.15) is 11.6 Å². The monoisotopic (exact) mass is 286 g/mol. The fourth-order valence-corrected chi connectivity index (χ4v) is 1.49. The molecule has 0 aliphatic heterocycles. The van der Waals surface area contributed by atoms with Gasteiger partial charge in [0.05, 0.1) is 0 Å². The van der Waals surface area contributed by atoms with Crippen LogP contribution in [0.15, 0.2) is 24.3 Å². The number of aryl methyl sites for hydroxylation is 1. The van der Waals surface area contributed by atoms with Crippen molar-refractivity contribution in [2.24, 2.45) is 0 Å². The first kappa shape index (κ1) is 14.0. The molecule has 0 saturated heterocycles. The largest absolute Gasteiger partial charge is 0.433 e. The molecule has 0 spiro atoms. The molecule has 1 heterocycles. The molecule has 1 aromatic heterocycles. The zero-order valence-corrected chi connectivity index (χ0v) is 10.3. The van der Waals surface area contributed by atoms with E-state index in [1.807, 2.05) is 0 Å². The van der Waals surface area contributed by atoms with Crippen LogP contribution in [0.2, 0.25) is 0 Å². The highest BCUT2D eigenvalue weighted by atomic mass is 19.4. The number of rotatable bonds is 2. The number of benzene rings is 1. The highest BCUT2D eigenvalue weighted by Crippen LogP contribution is 2.30. The maximum absolute atomic E-state index is 13.4. The van der Waals surface area contributed by atoms with Crippen LogP contribution in [-0.2, 0) is 6.18 Å². The van der Waals surface area contributed by atoms with E-state index in [-0.39, 0.29) is 11.5 Å². The fraction of sp³-hybridized carbons (Fsp3) is 0.167. The van der Waals surface area contributed by atoms with Crippen molar-refractivity contribution in [2.45, 2.75) is 13.1 Å². The van der Waals surface area contributed by atoms with Gasteiger partial charge in [-0.2, -0.15) is 18.2 Å². The lowest BCUT2D eigenvalue weighted by atomic mass is 10.2. The third kappa shape index (κ3) is 3.14. The molecule has 0 fully saturated rings. The predicted octanol–water partition coefficient (Wildman–Crippen LogP) is 3.27. The first-order chi connectivity index (χ1) is 9.25. The molecule has 0 radical (unpaired) electrons. The Morgan fingerprint density at radius 2 is 1.85 bits per heavy atom. The number of nitrogens with one attached hydrogen (secondary N) is 1. The predicted molar refractivity (Wildman–Crippen MR) is 65.9 cm³/mol. The topological polar surface area (TPSA) is 63.8 Å². The van der Waals surface area contributed by atoms with E-state index in [4.69, 9.17) is 5.73 Å². The summed E-state index contributed by atoms with van der Waals surface area (Å²) in [4.78, 5) is 6.73. The van der Waals surface area contributed by atoms with Crippen LogP contribution in [0.3, 0.4) is 0 Å². The van der Waals surface area contributed by atoms with Gasteiger partial charge in [0.25, 0.3) is 0 Å². The van der Waals surface area contributed by atoms with E-state index in [0.29, 0.717) is 11.6 Å². The van der Waals surface area contributed by atoms with Crippen LogP contribution in [0.5, 0.6) is 0 Å². The number of hydrogen-bond acceptors (Lipinski definition) is 4. The Bertz CT molecular complexity index is 640. The normalized spacial score (nSPS) is 11.4. The van der Waals surface area contributed by atoms with Crippen molar-refractivity contribution >= 4 is 17.5 Å². The molecule has 0 bridgehead atoms. The molecule has 2 aromatic rings. The number of nitrogens with zero attached hydrogens (tertiary/aromatic N) is 2. The van der Waals surface area contributed by atoms with Crippen molar-refractivity contribution in [3.63, 3.8) is 0 Å². The van der Waals surface area contributed by atoms with Crippen molar-refractivity contribution in [3.8, 4) is 0 Å². The van der Waals surface area contributed by atoms with E-state index in [0.717, 1.165) is 6.07 Å². The third-order valence-corrected chi connectivity index (χ3v) is 2.48. The van der Waals surface area contributed by atoms with Crippen LogP contribution < -0.4 is 11.1 Å². The molecule has 20 heavy (non-hydrogen) atoms. The lowest BCUT2D eigenvalue weighted by Gasteiger charge is -2.10. The lowest BCUT2D eigenvalue weighted by molar-refractivity contribution is -0.141. The van der Waals surface area contributed by atoms with Gasteiger partial charge < -0.3 is 11.1 Å². The summed E-state index contributed by atoms with van der Waals surface area (Å²) < 4.78 is 51.1. The van der Waals surface area contributed by atoms with Crippen LogP contribution in [0.4, 0.5) is 35.0 Å². The van der Waals surface area contributed by atoms with Gasteiger partial charge in [-0.25, -0.2) is 9.37 Å². The smallest absolute Gasteiger partial charge is 0.368 e. The molecular formula is C12H10F4N4. The quantitative estimate of drug-likeness (QED) is 0.832. The maximum Gasteiger partial charge on any atom is 0.433 e. The van der Waals surface area contributed by atoms with E-state index in [2.05, 4.69) is 15.3 Å². The molecule has 0 saturated carbocycles. The van der Waals surface area contributed by atoms with E-state index < -0.39 is 23.6 Å². The molecule has 106 valence electrons. The number of hydrogen-bond donors (Lipinski definition) is 2. The minimum atomic E-state index is -4.63. The number of alkyl halides is 3. The number of nitrogen functional groups attached to an aromatic ring is 1. The summed E-state index contributed by atoms with van der Waals surface area (Å²) in [6, 6.07) is 4.87. The second-order valence-corrected chi connectivity index (χ2v) is 4.08. The zero-order chi connectivity index (χ0) is 14.9. The molecule has 2 rings (SSSR count). The lowest BCUT2D eigenvalue weighted by Crippen LogP contribution is -2.12. The van der Waals surface area contributed by atoms with E-state index in [1.165, 1.54) is 12.1 Å². The average Bonchev–Trinajstić information content (AvgIpc) is 2.32. The van der Waals surface area contributed by atoms with Crippen LogP contribution in [0.25, 0.3) is 0 Å². The highest BCUT2D eigenvalue weighted by Gasteiger charge is 2.33. The number of aromatic nitrogens is 2. The summed E-state index contributed by atoms with van der Waals surface area (Å²) in [6.07, 6.45) is -4.63.